The normalized spacial score (nSPS) is 14.1. The minimum absolute atomic E-state index is 0.120. The van der Waals surface area contributed by atoms with Crippen LogP contribution < -0.4 is 0 Å². The molecular weight excluding hydrogens is 260 g/mol. The molecule has 21 heavy (non-hydrogen) atoms. The van der Waals surface area contributed by atoms with Crippen LogP contribution in [-0.4, -0.2) is 24.9 Å². The molecule has 0 aromatic carbocycles. The van der Waals surface area contributed by atoms with Gasteiger partial charge in [-0.25, -0.2) is 0 Å². The summed E-state index contributed by atoms with van der Waals surface area (Å²) in [6.45, 7) is 17.5. The van der Waals surface area contributed by atoms with Crippen molar-refractivity contribution in [2.24, 2.45) is 11.8 Å². The zero-order chi connectivity index (χ0) is 16.3. The smallest absolute Gasteiger partial charge is 0.0944 e. The van der Waals surface area contributed by atoms with Gasteiger partial charge < -0.3 is 9.47 Å². The van der Waals surface area contributed by atoms with Crippen LogP contribution in [0, 0.1) is 11.8 Å². The van der Waals surface area contributed by atoms with E-state index in [0.717, 1.165) is 38.9 Å². The van der Waals surface area contributed by atoms with E-state index in [4.69, 9.17) is 9.47 Å². The third kappa shape index (κ3) is 8.83. The highest BCUT2D eigenvalue weighted by Gasteiger charge is 2.39. The molecule has 0 aliphatic carbocycles. The van der Waals surface area contributed by atoms with Crippen LogP contribution in [0.4, 0.5) is 0 Å². The lowest BCUT2D eigenvalue weighted by Gasteiger charge is -2.41. The van der Waals surface area contributed by atoms with Gasteiger partial charge in [-0.3, -0.25) is 0 Å². The van der Waals surface area contributed by atoms with Gasteiger partial charge in [0, 0.05) is 13.2 Å². The number of hydrogen-bond acceptors (Lipinski definition) is 2. The van der Waals surface area contributed by atoms with Crippen molar-refractivity contribution in [3.8, 4) is 0 Å². The standard InChI is InChI=1S/C19H40O2/c1-8-10-12-20-18(7)19(14-16(3)4,15-17(5)6)21-13-11-9-2/h16-18H,8-15H2,1-7H3. The molecular formula is C19H40O2. The Morgan fingerprint density at radius 1 is 0.762 bits per heavy atom. The van der Waals surface area contributed by atoms with Gasteiger partial charge in [-0.2, -0.15) is 0 Å². The summed E-state index contributed by atoms with van der Waals surface area (Å²) in [6.07, 6.45) is 6.99. The molecule has 2 heteroatoms. The van der Waals surface area contributed by atoms with Gasteiger partial charge in [-0.15, -0.1) is 0 Å². The summed E-state index contributed by atoms with van der Waals surface area (Å²) < 4.78 is 12.6. The SMILES string of the molecule is CCCCOC(C)C(CC(C)C)(CC(C)C)OCCCC. The maximum atomic E-state index is 6.46. The number of ether oxygens (including phenoxy) is 2. The van der Waals surface area contributed by atoms with Gasteiger partial charge in [0.25, 0.3) is 0 Å². The summed E-state index contributed by atoms with van der Waals surface area (Å²) >= 11 is 0. The maximum Gasteiger partial charge on any atom is 0.0944 e. The molecule has 0 aliphatic heterocycles. The molecule has 0 saturated carbocycles. The quantitative estimate of drug-likeness (QED) is 0.398. The van der Waals surface area contributed by atoms with Gasteiger partial charge in [0.15, 0.2) is 0 Å². The van der Waals surface area contributed by atoms with Crippen molar-refractivity contribution in [1.29, 1.82) is 0 Å². The largest absolute Gasteiger partial charge is 0.376 e. The summed E-state index contributed by atoms with van der Waals surface area (Å²) in [7, 11) is 0. The Morgan fingerprint density at radius 3 is 1.67 bits per heavy atom. The molecule has 1 unspecified atom stereocenters. The van der Waals surface area contributed by atoms with E-state index in [1.807, 2.05) is 0 Å². The molecule has 0 aromatic rings. The molecule has 0 saturated heterocycles. The van der Waals surface area contributed by atoms with E-state index in [0.29, 0.717) is 11.8 Å². The van der Waals surface area contributed by atoms with E-state index in [2.05, 4.69) is 48.5 Å². The topological polar surface area (TPSA) is 18.5 Å². The van der Waals surface area contributed by atoms with E-state index >= 15 is 0 Å². The monoisotopic (exact) mass is 300 g/mol. The Kier molecular flexibility index (Phi) is 11.4. The molecule has 0 rings (SSSR count). The van der Waals surface area contributed by atoms with Crippen LogP contribution in [0.15, 0.2) is 0 Å². The van der Waals surface area contributed by atoms with Crippen LogP contribution in [0.3, 0.4) is 0 Å². The first kappa shape index (κ1) is 20.9. The molecule has 0 fully saturated rings. The van der Waals surface area contributed by atoms with Gasteiger partial charge in [0.1, 0.15) is 0 Å². The summed E-state index contributed by atoms with van der Waals surface area (Å²) in [6, 6.07) is 0. The highest BCUT2D eigenvalue weighted by molar-refractivity contribution is 4.89. The van der Waals surface area contributed by atoms with Gasteiger partial charge in [0.05, 0.1) is 11.7 Å². The van der Waals surface area contributed by atoms with Crippen LogP contribution >= 0.6 is 0 Å². The van der Waals surface area contributed by atoms with Gasteiger partial charge in [-0.05, 0) is 44.4 Å². The Balaban J connectivity index is 4.92. The molecule has 128 valence electrons. The van der Waals surface area contributed by atoms with E-state index in [9.17, 15) is 0 Å². The first-order valence-corrected chi connectivity index (χ1v) is 9.13. The minimum atomic E-state index is -0.120. The highest BCUT2D eigenvalue weighted by atomic mass is 16.5. The molecule has 0 spiro atoms. The summed E-state index contributed by atoms with van der Waals surface area (Å²) in [5.74, 6) is 1.25. The zero-order valence-corrected chi connectivity index (χ0v) is 15.7. The molecule has 1 atom stereocenters. The Bertz CT molecular complexity index is 226. The molecule has 0 radical (unpaired) electrons. The van der Waals surface area contributed by atoms with E-state index in [1.165, 1.54) is 12.8 Å². The fourth-order valence-electron chi connectivity index (χ4n) is 3.01. The second kappa shape index (κ2) is 11.5. The van der Waals surface area contributed by atoms with Crippen molar-refractivity contribution in [3.05, 3.63) is 0 Å². The third-order valence-electron chi connectivity index (χ3n) is 4.00. The molecule has 0 aliphatic rings. The zero-order valence-electron chi connectivity index (χ0n) is 15.7. The predicted octanol–water partition coefficient (Wildman–Crippen LogP) is 5.84. The van der Waals surface area contributed by atoms with Crippen LogP contribution in [0.2, 0.25) is 0 Å². The van der Waals surface area contributed by atoms with Crippen molar-refractivity contribution in [2.75, 3.05) is 13.2 Å². The van der Waals surface area contributed by atoms with Gasteiger partial charge in [-0.1, -0.05) is 54.4 Å². The second-order valence-corrected chi connectivity index (χ2v) is 7.33. The minimum Gasteiger partial charge on any atom is -0.376 e. The van der Waals surface area contributed by atoms with Crippen LogP contribution in [-0.2, 0) is 9.47 Å². The van der Waals surface area contributed by atoms with Gasteiger partial charge >= 0.3 is 0 Å². The van der Waals surface area contributed by atoms with Crippen molar-refractivity contribution >= 4 is 0 Å². The van der Waals surface area contributed by atoms with Crippen molar-refractivity contribution in [2.45, 2.75) is 98.7 Å². The van der Waals surface area contributed by atoms with Crippen molar-refractivity contribution < 1.29 is 9.47 Å². The van der Waals surface area contributed by atoms with Crippen molar-refractivity contribution in [1.82, 2.24) is 0 Å². The highest BCUT2D eigenvalue weighted by Crippen LogP contribution is 2.34. The molecule has 0 aromatic heterocycles. The van der Waals surface area contributed by atoms with Crippen molar-refractivity contribution in [3.63, 3.8) is 0 Å². The summed E-state index contributed by atoms with van der Waals surface area (Å²) in [4.78, 5) is 0. The summed E-state index contributed by atoms with van der Waals surface area (Å²) in [5, 5.41) is 0. The fraction of sp³-hybridized carbons (Fsp3) is 1.00. The number of rotatable bonds is 13. The Labute approximate surface area is 134 Å². The van der Waals surface area contributed by atoms with Crippen LogP contribution in [0.25, 0.3) is 0 Å². The lowest BCUT2D eigenvalue weighted by molar-refractivity contribution is -0.159. The lowest BCUT2D eigenvalue weighted by atomic mass is 9.81. The molecule has 2 nitrogen and oxygen atoms in total. The van der Waals surface area contributed by atoms with Crippen LogP contribution in [0.5, 0.6) is 0 Å². The van der Waals surface area contributed by atoms with E-state index in [1.54, 1.807) is 0 Å². The maximum absolute atomic E-state index is 6.46. The predicted molar refractivity (Wildman–Crippen MR) is 92.8 cm³/mol. The number of hydrogen-bond donors (Lipinski definition) is 0. The average Bonchev–Trinajstić information content (AvgIpc) is 2.37. The number of unbranched alkanes of at least 4 members (excludes halogenated alkanes) is 2. The Morgan fingerprint density at radius 2 is 1.24 bits per heavy atom. The lowest BCUT2D eigenvalue weighted by Crippen LogP contribution is -2.47. The second-order valence-electron chi connectivity index (χ2n) is 7.33. The fourth-order valence-corrected chi connectivity index (χ4v) is 3.01. The average molecular weight is 301 g/mol. The summed E-state index contributed by atoms with van der Waals surface area (Å²) in [5.41, 5.74) is -0.120. The van der Waals surface area contributed by atoms with Crippen LogP contribution in [0.1, 0.15) is 87.0 Å². The third-order valence-corrected chi connectivity index (χ3v) is 4.00. The van der Waals surface area contributed by atoms with E-state index in [-0.39, 0.29) is 11.7 Å². The first-order valence-electron chi connectivity index (χ1n) is 9.13. The molecule has 0 N–H and O–H groups in total. The Hall–Kier alpha value is -0.0800. The van der Waals surface area contributed by atoms with Gasteiger partial charge in [0.2, 0.25) is 0 Å². The van der Waals surface area contributed by atoms with E-state index < -0.39 is 0 Å². The molecule has 0 heterocycles. The molecule has 0 amide bonds. The molecule has 0 bridgehead atoms. The first-order chi connectivity index (χ1) is 9.88.